The van der Waals surface area contributed by atoms with E-state index in [1.807, 2.05) is 0 Å². The molecule has 5 aromatic rings. The van der Waals surface area contributed by atoms with E-state index in [0.29, 0.717) is 12.1 Å². The number of anilines is 2. The Kier molecular flexibility index (Phi) is 17.9. The number of hydrogen-bond acceptors (Lipinski definition) is 16. The first kappa shape index (κ1) is 51.6. The topological polar surface area (TPSA) is 330 Å². The van der Waals surface area contributed by atoms with Gasteiger partial charge in [0.2, 0.25) is 0 Å². The number of non-ortho nitro benzene ring substituents is 1. The monoisotopic (exact) mass is 869 g/mol. The van der Waals surface area contributed by atoms with Crippen LogP contribution in [0.1, 0.15) is 20.7 Å². The summed E-state index contributed by atoms with van der Waals surface area (Å²) < 4.78 is 140. The second-order valence-corrected chi connectivity index (χ2v) is 15.9. The quantitative estimate of drug-likeness (QED) is 0.0601. The number of nitro benzene ring substituents is 1. The SMILES string of the molecule is O=C(Nc1ccc2c(S(=O)(=O)[O-])cc(S(=O)(=O)[O-])cc2c1)c1cc(C(=O)Nc2ccc3c(S(=O)(=O)[O-])cc(S(=O)(=O)[O-])cc3c2)cc([N+](=O)[O-])c1.[Na+].[Na+].[Na+].[Na+]. The zero-order valence-electron chi connectivity index (χ0n) is 28.6. The molecule has 27 heteroatoms. The summed E-state index contributed by atoms with van der Waals surface area (Å²) in [5.41, 5.74) is -2.06. The zero-order chi connectivity index (χ0) is 37.8. The molecule has 0 spiro atoms. The van der Waals surface area contributed by atoms with Crippen LogP contribution in [0.3, 0.4) is 0 Å². The third-order valence-electron chi connectivity index (χ3n) is 7.06. The number of fused-ring (bicyclic) bond motifs is 2. The van der Waals surface area contributed by atoms with Crippen molar-refractivity contribution < 1.29 is 185 Å². The van der Waals surface area contributed by atoms with Gasteiger partial charge in [-0.25, -0.2) is 33.7 Å². The first-order valence-electron chi connectivity index (χ1n) is 13.3. The van der Waals surface area contributed by atoms with Gasteiger partial charge in [0.1, 0.15) is 40.5 Å². The Hall–Kier alpha value is -1.40. The maximum Gasteiger partial charge on any atom is 1.00 e. The minimum Gasteiger partial charge on any atom is -0.744 e. The van der Waals surface area contributed by atoms with Crippen LogP contribution in [0.5, 0.6) is 0 Å². The summed E-state index contributed by atoms with van der Waals surface area (Å²) in [5.74, 6) is -2.17. The fraction of sp³-hybridized carbons (Fsp3) is 0. The van der Waals surface area contributed by atoms with Crippen molar-refractivity contribution in [3.8, 4) is 0 Å². The molecule has 0 atom stereocenters. The fourth-order valence-corrected chi connectivity index (χ4v) is 7.53. The summed E-state index contributed by atoms with van der Waals surface area (Å²) in [6.45, 7) is 0. The van der Waals surface area contributed by atoms with Crippen molar-refractivity contribution >= 4 is 90.9 Å². The van der Waals surface area contributed by atoms with Crippen molar-refractivity contribution in [3.05, 3.63) is 100 Å². The van der Waals surface area contributed by atoms with Crippen LogP contribution in [0.25, 0.3) is 21.5 Å². The number of nitro groups is 1. The van der Waals surface area contributed by atoms with Crippen LogP contribution in [-0.4, -0.2) is 68.6 Å². The summed E-state index contributed by atoms with van der Waals surface area (Å²) in [5, 5.41) is 15.1. The predicted molar refractivity (Wildman–Crippen MR) is 169 cm³/mol. The van der Waals surface area contributed by atoms with E-state index in [1.165, 1.54) is 0 Å². The first-order chi connectivity index (χ1) is 23.4. The molecule has 0 aliphatic carbocycles. The summed E-state index contributed by atoms with van der Waals surface area (Å²) in [7, 11) is -21.1. The van der Waals surface area contributed by atoms with E-state index in [0.717, 1.165) is 66.7 Å². The van der Waals surface area contributed by atoms with E-state index >= 15 is 0 Å². The Morgan fingerprint density at radius 3 is 1.13 bits per heavy atom. The molecule has 19 nitrogen and oxygen atoms in total. The van der Waals surface area contributed by atoms with Crippen molar-refractivity contribution in [2.45, 2.75) is 19.6 Å². The number of carbonyl (C=O) groups is 2. The average Bonchev–Trinajstić information content (AvgIpc) is 3.01. The van der Waals surface area contributed by atoms with Crippen LogP contribution in [0.2, 0.25) is 0 Å². The van der Waals surface area contributed by atoms with Gasteiger partial charge >= 0.3 is 118 Å². The number of nitrogens with zero attached hydrogens (tertiary/aromatic N) is 1. The van der Waals surface area contributed by atoms with Crippen molar-refractivity contribution in [1.29, 1.82) is 0 Å². The van der Waals surface area contributed by atoms with Gasteiger partial charge in [0, 0.05) is 34.6 Å². The van der Waals surface area contributed by atoms with E-state index in [2.05, 4.69) is 10.6 Å². The molecular formula is C28H15N3Na4O16S4. The molecule has 5 aromatic carbocycles. The van der Waals surface area contributed by atoms with Crippen LogP contribution >= 0.6 is 0 Å². The van der Waals surface area contributed by atoms with Crippen molar-refractivity contribution in [2.24, 2.45) is 0 Å². The Morgan fingerprint density at radius 1 is 0.491 bits per heavy atom. The number of benzene rings is 5. The molecule has 5 rings (SSSR count). The predicted octanol–water partition coefficient (Wildman–Crippen LogP) is -9.96. The van der Waals surface area contributed by atoms with E-state index in [9.17, 15) is 71.6 Å². The van der Waals surface area contributed by atoms with Crippen molar-refractivity contribution in [1.82, 2.24) is 0 Å². The number of amides is 2. The van der Waals surface area contributed by atoms with E-state index in [4.69, 9.17) is 0 Å². The maximum atomic E-state index is 13.2. The molecule has 0 fully saturated rings. The Labute approximate surface area is 400 Å². The molecule has 0 unspecified atom stereocenters. The third kappa shape index (κ3) is 12.3. The molecule has 0 radical (unpaired) electrons. The molecule has 0 aromatic heterocycles. The second-order valence-electron chi connectivity index (χ2n) is 10.5. The minimum atomic E-state index is -5.28. The molecule has 0 heterocycles. The first-order valence-corrected chi connectivity index (χ1v) is 19.0. The fourth-order valence-electron chi connectivity index (χ4n) is 4.86. The summed E-state index contributed by atoms with van der Waals surface area (Å²) in [6, 6.07) is 11.0. The smallest absolute Gasteiger partial charge is 0.744 e. The van der Waals surface area contributed by atoms with Crippen LogP contribution in [0, 0.1) is 10.1 Å². The Bertz CT molecular complexity index is 2660. The van der Waals surface area contributed by atoms with E-state index in [-0.39, 0.29) is 151 Å². The summed E-state index contributed by atoms with van der Waals surface area (Å²) in [6.07, 6.45) is 0. The number of carbonyl (C=O) groups excluding carboxylic acids is 2. The van der Waals surface area contributed by atoms with Gasteiger partial charge in [-0.15, -0.1) is 0 Å². The molecule has 55 heavy (non-hydrogen) atoms. The van der Waals surface area contributed by atoms with Gasteiger partial charge in [0.15, 0.2) is 0 Å². The van der Waals surface area contributed by atoms with Gasteiger partial charge in [0.25, 0.3) is 17.5 Å². The van der Waals surface area contributed by atoms with Gasteiger partial charge in [-0.05, 0) is 76.1 Å². The van der Waals surface area contributed by atoms with Crippen LogP contribution in [0.15, 0.2) is 98.4 Å². The minimum absolute atomic E-state index is 0. The molecule has 0 bridgehead atoms. The van der Waals surface area contributed by atoms with E-state index in [1.54, 1.807) is 0 Å². The molecule has 266 valence electrons. The molecular weight excluding hydrogens is 855 g/mol. The largest absolute Gasteiger partial charge is 1.00 e. The number of nitrogens with one attached hydrogen (secondary N) is 2. The maximum absolute atomic E-state index is 13.2. The van der Waals surface area contributed by atoms with Gasteiger partial charge in [-0.1, -0.05) is 12.1 Å². The van der Waals surface area contributed by atoms with Gasteiger partial charge in [-0.3, -0.25) is 19.7 Å². The molecule has 2 N–H and O–H groups in total. The molecule has 0 aliphatic heterocycles. The Morgan fingerprint density at radius 2 is 0.836 bits per heavy atom. The molecule has 0 saturated heterocycles. The van der Waals surface area contributed by atoms with Gasteiger partial charge in [-0.2, -0.15) is 0 Å². The summed E-state index contributed by atoms with van der Waals surface area (Å²) in [4.78, 5) is 32.9. The zero-order valence-corrected chi connectivity index (χ0v) is 39.9. The standard InChI is InChI=1S/C28H19N3O16S4.4Na/c32-27(29-18-1-3-23-14(6-18)10-21(48(36,37)38)12-25(23)50(42,43)44)16-5-17(9-20(8-16)31(34)35)28(33)30-19-2-4-24-15(7-19)11-22(49(39,40)41)13-26(24)51(45,46)47;;;;/h1-13H,(H,29,32)(H,30,33)(H,36,37,38)(H,39,40,41)(H,42,43,44)(H,45,46,47);;;;/q;4*+1/p-4. The van der Waals surface area contributed by atoms with E-state index < -0.39 is 93.6 Å². The number of rotatable bonds is 9. The van der Waals surface area contributed by atoms with Crippen LogP contribution in [-0.2, 0) is 40.5 Å². The second kappa shape index (κ2) is 19.1. The van der Waals surface area contributed by atoms with Crippen LogP contribution in [0.4, 0.5) is 17.1 Å². The van der Waals surface area contributed by atoms with Crippen LogP contribution < -0.4 is 129 Å². The number of hydrogen-bond donors (Lipinski definition) is 2. The third-order valence-corrected chi connectivity index (χ3v) is 10.4. The molecule has 2 amide bonds. The van der Waals surface area contributed by atoms with Crippen molar-refractivity contribution in [3.63, 3.8) is 0 Å². The van der Waals surface area contributed by atoms with Gasteiger partial charge in [0.05, 0.1) is 24.5 Å². The molecule has 0 aliphatic rings. The Balaban J connectivity index is 0.00000378. The normalized spacial score (nSPS) is 11.6. The van der Waals surface area contributed by atoms with Crippen molar-refractivity contribution in [2.75, 3.05) is 10.6 Å². The average molecular weight is 870 g/mol. The molecule has 0 saturated carbocycles. The summed E-state index contributed by atoms with van der Waals surface area (Å²) >= 11 is 0. The van der Waals surface area contributed by atoms with Gasteiger partial charge < -0.3 is 28.8 Å².